The fourth-order valence-electron chi connectivity index (χ4n) is 0.831. The van der Waals surface area contributed by atoms with E-state index in [-0.39, 0.29) is 17.9 Å². The van der Waals surface area contributed by atoms with Crippen LogP contribution >= 0.6 is 0 Å². The van der Waals surface area contributed by atoms with E-state index in [2.05, 4.69) is 17.1 Å². The number of amides is 1. The van der Waals surface area contributed by atoms with E-state index in [1.165, 1.54) is 0 Å². The topological polar surface area (TPSA) is 58.4 Å². The fourth-order valence-corrected chi connectivity index (χ4v) is 0.831. The molecule has 4 nitrogen and oxygen atoms in total. The van der Waals surface area contributed by atoms with Crippen LogP contribution in [0.4, 0.5) is 0 Å². The minimum absolute atomic E-state index is 0.0358. The average molecular weight is 201 g/mol. The van der Waals surface area contributed by atoms with Crippen LogP contribution in [0.1, 0.15) is 20.8 Å². The van der Waals surface area contributed by atoms with Gasteiger partial charge in [0.1, 0.15) is 0 Å². The summed E-state index contributed by atoms with van der Waals surface area (Å²) in [4.78, 5) is 13.6. The van der Waals surface area contributed by atoms with E-state index in [1.807, 2.05) is 27.9 Å². The molecule has 0 fully saturated rings. The standard InChI is InChI=1S/C10H23N3O/c1-7(13(4)5)6-12-10(14)8(2)9(3)11/h7-9H,6,11H2,1-5H3,(H,12,14). The minimum atomic E-state index is -0.121. The first-order chi connectivity index (χ1) is 6.36. The van der Waals surface area contributed by atoms with Crippen molar-refractivity contribution in [1.82, 2.24) is 10.2 Å². The van der Waals surface area contributed by atoms with Crippen molar-refractivity contribution in [2.24, 2.45) is 11.7 Å². The summed E-state index contributed by atoms with van der Waals surface area (Å²) in [5, 5.41) is 2.88. The van der Waals surface area contributed by atoms with Crippen LogP contribution < -0.4 is 11.1 Å². The third kappa shape index (κ3) is 4.58. The van der Waals surface area contributed by atoms with Crippen LogP contribution in [0, 0.1) is 5.92 Å². The van der Waals surface area contributed by atoms with Crippen molar-refractivity contribution in [3.05, 3.63) is 0 Å². The number of carbonyl (C=O) groups excluding carboxylic acids is 1. The number of likely N-dealkylation sites (N-methyl/N-ethyl adjacent to an activating group) is 1. The Labute approximate surface area is 86.8 Å². The number of carbonyl (C=O) groups is 1. The Hall–Kier alpha value is -0.610. The quantitative estimate of drug-likeness (QED) is 0.660. The van der Waals surface area contributed by atoms with Gasteiger partial charge < -0.3 is 16.0 Å². The highest BCUT2D eigenvalue weighted by atomic mass is 16.1. The van der Waals surface area contributed by atoms with Crippen molar-refractivity contribution in [2.45, 2.75) is 32.9 Å². The molecule has 0 saturated heterocycles. The predicted octanol–water partition coefficient (Wildman–Crippen LogP) is 0.0360. The second-order valence-corrected chi connectivity index (χ2v) is 4.21. The molecule has 0 aromatic carbocycles. The monoisotopic (exact) mass is 201 g/mol. The third-order valence-electron chi connectivity index (χ3n) is 2.66. The Morgan fingerprint density at radius 3 is 2.21 bits per heavy atom. The zero-order valence-corrected chi connectivity index (χ0v) is 9.87. The SMILES string of the molecule is CC(N)C(C)C(=O)NCC(C)N(C)C. The molecule has 4 heteroatoms. The number of nitrogens with two attached hydrogens (primary N) is 1. The molecule has 0 saturated carbocycles. The Morgan fingerprint density at radius 1 is 1.36 bits per heavy atom. The second kappa shape index (κ2) is 5.98. The lowest BCUT2D eigenvalue weighted by molar-refractivity contribution is -0.125. The van der Waals surface area contributed by atoms with E-state index in [9.17, 15) is 4.79 Å². The average Bonchev–Trinajstić information content (AvgIpc) is 2.11. The fraction of sp³-hybridized carbons (Fsp3) is 0.900. The molecule has 0 aromatic heterocycles. The lowest BCUT2D eigenvalue weighted by Gasteiger charge is -2.22. The smallest absolute Gasteiger partial charge is 0.224 e. The third-order valence-corrected chi connectivity index (χ3v) is 2.66. The van der Waals surface area contributed by atoms with Gasteiger partial charge in [0.25, 0.3) is 0 Å². The summed E-state index contributed by atoms with van der Waals surface area (Å²) in [6, 6.07) is 0.254. The maximum absolute atomic E-state index is 11.5. The molecular formula is C10H23N3O. The number of hydrogen-bond acceptors (Lipinski definition) is 3. The molecule has 0 heterocycles. The van der Waals surface area contributed by atoms with Crippen LogP contribution in [-0.4, -0.2) is 43.5 Å². The summed E-state index contributed by atoms with van der Waals surface area (Å²) in [6.07, 6.45) is 0. The first-order valence-corrected chi connectivity index (χ1v) is 5.06. The molecule has 1 amide bonds. The molecule has 0 bridgehead atoms. The Balaban J connectivity index is 3.85. The van der Waals surface area contributed by atoms with Gasteiger partial charge in [-0.3, -0.25) is 4.79 Å². The Kier molecular flexibility index (Phi) is 5.72. The van der Waals surface area contributed by atoms with Crippen molar-refractivity contribution in [3.8, 4) is 0 Å². The van der Waals surface area contributed by atoms with Gasteiger partial charge in [-0.25, -0.2) is 0 Å². The van der Waals surface area contributed by atoms with Crippen LogP contribution in [0.3, 0.4) is 0 Å². The van der Waals surface area contributed by atoms with Gasteiger partial charge in [0.2, 0.25) is 5.91 Å². The molecule has 0 rings (SSSR count). The molecule has 3 N–H and O–H groups in total. The molecule has 3 unspecified atom stereocenters. The molecule has 0 aliphatic carbocycles. The van der Waals surface area contributed by atoms with Gasteiger partial charge in [0, 0.05) is 24.5 Å². The van der Waals surface area contributed by atoms with Crippen LogP contribution in [0.5, 0.6) is 0 Å². The maximum atomic E-state index is 11.5. The summed E-state index contributed by atoms with van der Waals surface area (Å²) in [6.45, 7) is 6.43. The lowest BCUT2D eigenvalue weighted by Crippen LogP contribution is -2.43. The molecule has 0 spiro atoms. The molecule has 0 aliphatic heterocycles. The van der Waals surface area contributed by atoms with Crippen molar-refractivity contribution < 1.29 is 4.79 Å². The van der Waals surface area contributed by atoms with Gasteiger partial charge in [-0.15, -0.1) is 0 Å². The van der Waals surface area contributed by atoms with E-state index in [0.29, 0.717) is 12.6 Å². The largest absolute Gasteiger partial charge is 0.354 e. The van der Waals surface area contributed by atoms with Gasteiger partial charge in [-0.2, -0.15) is 0 Å². The zero-order valence-electron chi connectivity index (χ0n) is 9.87. The Morgan fingerprint density at radius 2 is 1.86 bits per heavy atom. The van der Waals surface area contributed by atoms with Gasteiger partial charge in [0.05, 0.1) is 0 Å². The normalized spacial score (nSPS) is 17.6. The van der Waals surface area contributed by atoms with Crippen LogP contribution in [0.15, 0.2) is 0 Å². The summed E-state index contributed by atoms with van der Waals surface area (Å²) in [7, 11) is 3.98. The van der Waals surface area contributed by atoms with Crippen molar-refractivity contribution >= 4 is 5.91 Å². The van der Waals surface area contributed by atoms with Crippen LogP contribution in [-0.2, 0) is 4.79 Å². The molecule has 14 heavy (non-hydrogen) atoms. The van der Waals surface area contributed by atoms with Crippen molar-refractivity contribution in [3.63, 3.8) is 0 Å². The summed E-state index contributed by atoms with van der Waals surface area (Å²) < 4.78 is 0. The van der Waals surface area contributed by atoms with Crippen LogP contribution in [0.2, 0.25) is 0 Å². The highest BCUT2D eigenvalue weighted by Crippen LogP contribution is 1.99. The van der Waals surface area contributed by atoms with Crippen molar-refractivity contribution in [1.29, 1.82) is 0 Å². The molecular weight excluding hydrogens is 178 g/mol. The summed E-state index contributed by atoms with van der Waals surface area (Å²) in [5.74, 6) is -0.0851. The molecule has 0 aliphatic rings. The second-order valence-electron chi connectivity index (χ2n) is 4.21. The summed E-state index contributed by atoms with van der Waals surface area (Å²) in [5.41, 5.74) is 5.63. The first-order valence-electron chi connectivity index (χ1n) is 5.06. The van der Waals surface area contributed by atoms with E-state index in [4.69, 9.17) is 5.73 Å². The number of hydrogen-bond donors (Lipinski definition) is 2. The number of rotatable bonds is 5. The highest BCUT2D eigenvalue weighted by molar-refractivity contribution is 5.78. The first kappa shape index (κ1) is 13.4. The van der Waals surface area contributed by atoms with Crippen LogP contribution in [0.25, 0.3) is 0 Å². The van der Waals surface area contributed by atoms with Gasteiger partial charge >= 0.3 is 0 Å². The van der Waals surface area contributed by atoms with E-state index in [1.54, 1.807) is 0 Å². The van der Waals surface area contributed by atoms with Gasteiger partial charge in [-0.05, 0) is 27.9 Å². The molecule has 3 atom stereocenters. The highest BCUT2D eigenvalue weighted by Gasteiger charge is 2.17. The van der Waals surface area contributed by atoms with Gasteiger partial charge in [0.15, 0.2) is 0 Å². The maximum Gasteiger partial charge on any atom is 0.224 e. The predicted molar refractivity (Wildman–Crippen MR) is 59.0 cm³/mol. The van der Waals surface area contributed by atoms with E-state index < -0.39 is 0 Å². The van der Waals surface area contributed by atoms with Crippen molar-refractivity contribution in [2.75, 3.05) is 20.6 Å². The Bertz CT molecular complexity index is 180. The lowest BCUT2D eigenvalue weighted by atomic mass is 10.0. The number of nitrogens with one attached hydrogen (secondary N) is 1. The summed E-state index contributed by atoms with van der Waals surface area (Å²) >= 11 is 0. The van der Waals surface area contributed by atoms with Gasteiger partial charge in [-0.1, -0.05) is 6.92 Å². The molecule has 0 aromatic rings. The minimum Gasteiger partial charge on any atom is -0.354 e. The number of nitrogens with zero attached hydrogens (tertiary/aromatic N) is 1. The van der Waals surface area contributed by atoms with E-state index in [0.717, 1.165) is 0 Å². The molecule has 84 valence electrons. The zero-order chi connectivity index (χ0) is 11.3. The molecule has 0 radical (unpaired) electrons. The van der Waals surface area contributed by atoms with E-state index >= 15 is 0 Å².